The van der Waals surface area contributed by atoms with Gasteiger partial charge < -0.3 is 10.1 Å². The predicted molar refractivity (Wildman–Crippen MR) is 88.5 cm³/mol. The maximum absolute atomic E-state index is 5.74. The van der Waals surface area contributed by atoms with Crippen LogP contribution in [0, 0.1) is 19.3 Å². The van der Waals surface area contributed by atoms with Crippen LogP contribution in [0.2, 0.25) is 0 Å². The molecule has 1 aliphatic carbocycles. The highest BCUT2D eigenvalue weighted by atomic mass is 79.9. The third kappa shape index (κ3) is 2.62. The predicted octanol–water partition coefficient (Wildman–Crippen LogP) is 4.92. The fraction of sp³-hybridized carbons (Fsp3) is 0.647. The van der Waals surface area contributed by atoms with Crippen LogP contribution in [0.4, 0.5) is 0 Å². The number of aryl methyl sites for hydroxylation is 1. The highest BCUT2D eigenvalue weighted by Crippen LogP contribution is 2.50. The Morgan fingerprint density at radius 3 is 2.40 bits per heavy atom. The number of benzene rings is 1. The average Bonchev–Trinajstić information content (AvgIpc) is 2.84. The molecule has 1 atom stereocenters. The molecule has 112 valence electrons. The van der Waals surface area contributed by atoms with Crippen LogP contribution in [0.3, 0.4) is 0 Å². The number of methoxy groups -OCH3 is 1. The van der Waals surface area contributed by atoms with E-state index in [-0.39, 0.29) is 0 Å². The monoisotopic (exact) mass is 339 g/mol. The van der Waals surface area contributed by atoms with E-state index in [2.05, 4.69) is 55.1 Å². The van der Waals surface area contributed by atoms with E-state index in [1.165, 1.54) is 46.8 Å². The van der Waals surface area contributed by atoms with E-state index in [1.54, 1.807) is 7.11 Å². The Balaban J connectivity index is 2.59. The van der Waals surface area contributed by atoms with Crippen LogP contribution in [0.1, 0.15) is 55.3 Å². The smallest absolute Gasteiger partial charge is 0.126 e. The van der Waals surface area contributed by atoms with Gasteiger partial charge in [-0.3, -0.25) is 0 Å². The Bertz CT molecular complexity index is 492. The number of ether oxygens (including phenoxy) is 1. The van der Waals surface area contributed by atoms with Gasteiger partial charge in [0.2, 0.25) is 0 Å². The van der Waals surface area contributed by atoms with E-state index in [0.29, 0.717) is 11.5 Å². The van der Waals surface area contributed by atoms with Crippen LogP contribution in [0.5, 0.6) is 5.75 Å². The van der Waals surface area contributed by atoms with Crippen molar-refractivity contribution in [2.45, 2.75) is 52.5 Å². The Hall–Kier alpha value is -0.540. The standard InChI is InChI=1S/C17H26BrNO/c1-11-10-13(18)12(2)14(15(11)20-5)16(19-4)17(3)8-6-7-9-17/h10,16,19H,6-9H2,1-5H3. The molecule has 1 fully saturated rings. The van der Waals surface area contributed by atoms with Crippen LogP contribution in [0.25, 0.3) is 0 Å². The van der Waals surface area contributed by atoms with Gasteiger partial charge in [0.15, 0.2) is 0 Å². The third-order valence-electron chi connectivity index (χ3n) is 4.93. The van der Waals surface area contributed by atoms with Crippen LogP contribution in [0.15, 0.2) is 10.5 Å². The normalized spacial score (nSPS) is 19.1. The fourth-order valence-corrected chi connectivity index (χ4v) is 4.36. The molecule has 2 rings (SSSR count). The summed E-state index contributed by atoms with van der Waals surface area (Å²) in [7, 11) is 3.85. The molecule has 0 heterocycles. The minimum absolute atomic E-state index is 0.319. The van der Waals surface area contributed by atoms with Gasteiger partial charge in [-0.15, -0.1) is 0 Å². The molecule has 0 aliphatic heterocycles. The first-order valence-corrected chi connectivity index (χ1v) is 8.24. The molecule has 0 spiro atoms. The van der Waals surface area contributed by atoms with Gasteiger partial charge in [0, 0.05) is 16.1 Å². The van der Waals surface area contributed by atoms with Gasteiger partial charge in [-0.2, -0.15) is 0 Å². The number of nitrogens with one attached hydrogen (secondary N) is 1. The molecule has 0 radical (unpaired) electrons. The van der Waals surface area contributed by atoms with Gasteiger partial charge in [0.25, 0.3) is 0 Å². The van der Waals surface area contributed by atoms with Gasteiger partial charge >= 0.3 is 0 Å². The molecular formula is C17H26BrNO. The number of hydrogen-bond donors (Lipinski definition) is 1. The summed E-state index contributed by atoms with van der Waals surface area (Å²) in [6.07, 6.45) is 5.24. The summed E-state index contributed by atoms with van der Waals surface area (Å²) in [6.45, 7) is 6.72. The van der Waals surface area contributed by atoms with Crippen molar-refractivity contribution in [3.8, 4) is 5.75 Å². The lowest BCUT2D eigenvalue weighted by Gasteiger charge is -2.36. The number of rotatable bonds is 4. The highest BCUT2D eigenvalue weighted by molar-refractivity contribution is 9.10. The van der Waals surface area contributed by atoms with Crippen LogP contribution >= 0.6 is 15.9 Å². The number of halogens is 1. The molecule has 0 amide bonds. The summed E-state index contributed by atoms with van der Waals surface area (Å²) in [6, 6.07) is 2.50. The second kappa shape index (κ2) is 6.07. The lowest BCUT2D eigenvalue weighted by Crippen LogP contribution is -2.33. The SMILES string of the molecule is CNC(c1c(C)c(Br)cc(C)c1OC)C1(C)CCCC1. The zero-order valence-electron chi connectivity index (χ0n) is 13.3. The summed E-state index contributed by atoms with van der Waals surface area (Å²) in [5, 5.41) is 3.57. The Labute approximate surface area is 131 Å². The second-order valence-electron chi connectivity index (χ2n) is 6.33. The van der Waals surface area contributed by atoms with E-state index in [4.69, 9.17) is 4.74 Å². The summed E-state index contributed by atoms with van der Waals surface area (Å²) < 4.78 is 6.91. The fourth-order valence-electron chi connectivity index (χ4n) is 3.81. The summed E-state index contributed by atoms with van der Waals surface area (Å²) in [5.74, 6) is 1.04. The summed E-state index contributed by atoms with van der Waals surface area (Å²) in [4.78, 5) is 0. The molecule has 1 aromatic rings. The van der Waals surface area contributed by atoms with Gasteiger partial charge in [-0.25, -0.2) is 0 Å². The maximum atomic E-state index is 5.74. The summed E-state index contributed by atoms with van der Waals surface area (Å²) in [5.41, 5.74) is 4.13. The molecule has 1 aliphatic rings. The van der Waals surface area contributed by atoms with Crippen molar-refractivity contribution >= 4 is 15.9 Å². The van der Waals surface area contributed by atoms with Crippen molar-refractivity contribution in [2.75, 3.05) is 14.2 Å². The topological polar surface area (TPSA) is 21.3 Å². The molecule has 0 aromatic heterocycles. The van der Waals surface area contributed by atoms with Crippen molar-refractivity contribution in [3.63, 3.8) is 0 Å². The van der Waals surface area contributed by atoms with Crippen molar-refractivity contribution in [3.05, 3.63) is 27.2 Å². The molecule has 1 unspecified atom stereocenters. The minimum Gasteiger partial charge on any atom is -0.496 e. The van der Waals surface area contributed by atoms with E-state index in [1.807, 2.05) is 0 Å². The molecule has 1 aromatic carbocycles. The van der Waals surface area contributed by atoms with E-state index in [9.17, 15) is 0 Å². The summed E-state index contributed by atoms with van der Waals surface area (Å²) >= 11 is 3.70. The minimum atomic E-state index is 0.319. The van der Waals surface area contributed by atoms with E-state index in [0.717, 1.165) is 5.75 Å². The third-order valence-corrected chi connectivity index (χ3v) is 5.76. The van der Waals surface area contributed by atoms with Gasteiger partial charge in [-0.05, 0) is 56.3 Å². The zero-order valence-corrected chi connectivity index (χ0v) is 14.9. The second-order valence-corrected chi connectivity index (χ2v) is 7.18. The first kappa shape index (κ1) is 15.8. The Morgan fingerprint density at radius 1 is 1.30 bits per heavy atom. The van der Waals surface area contributed by atoms with Gasteiger partial charge in [-0.1, -0.05) is 35.7 Å². The first-order chi connectivity index (χ1) is 9.44. The quantitative estimate of drug-likeness (QED) is 0.840. The highest BCUT2D eigenvalue weighted by Gasteiger charge is 2.39. The van der Waals surface area contributed by atoms with Crippen molar-refractivity contribution < 1.29 is 4.74 Å². The lowest BCUT2D eigenvalue weighted by atomic mass is 9.75. The van der Waals surface area contributed by atoms with Crippen molar-refractivity contribution in [2.24, 2.45) is 5.41 Å². The van der Waals surface area contributed by atoms with E-state index >= 15 is 0 Å². The molecule has 1 N–H and O–H groups in total. The van der Waals surface area contributed by atoms with E-state index < -0.39 is 0 Å². The molecule has 1 saturated carbocycles. The van der Waals surface area contributed by atoms with Crippen LogP contribution in [-0.4, -0.2) is 14.2 Å². The van der Waals surface area contributed by atoms with Gasteiger partial charge in [0.1, 0.15) is 5.75 Å². The van der Waals surface area contributed by atoms with Crippen LogP contribution < -0.4 is 10.1 Å². The molecule has 0 saturated heterocycles. The first-order valence-electron chi connectivity index (χ1n) is 7.45. The number of hydrogen-bond acceptors (Lipinski definition) is 2. The van der Waals surface area contributed by atoms with Crippen LogP contribution in [-0.2, 0) is 0 Å². The Kier molecular flexibility index (Phi) is 4.80. The molecule has 3 heteroatoms. The molecule has 0 bridgehead atoms. The average molecular weight is 340 g/mol. The molecular weight excluding hydrogens is 314 g/mol. The largest absolute Gasteiger partial charge is 0.496 e. The lowest BCUT2D eigenvalue weighted by molar-refractivity contribution is 0.227. The Morgan fingerprint density at radius 2 is 1.90 bits per heavy atom. The van der Waals surface area contributed by atoms with Crippen molar-refractivity contribution in [1.29, 1.82) is 0 Å². The molecule has 2 nitrogen and oxygen atoms in total. The van der Waals surface area contributed by atoms with Gasteiger partial charge in [0.05, 0.1) is 7.11 Å². The molecule has 20 heavy (non-hydrogen) atoms. The van der Waals surface area contributed by atoms with Crippen molar-refractivity contribution in [1.82, 2.24) is 5.32 Å². The zero-order chi connectivity index (χ0) is 14.9. The maximum Gasteiger partial charge on any atom is 0.126 e.